The van der Waals surface area contributed by atoms with E-state index in [0.29, 0.717) is 0 Å². The number of anilines is 1. The molecule has 0 bridgehead atoms. The summed E-state index contributed by atoms with van der Waals surface area (Å²) in [6.07, 6.45) is -0.896. The number of hydrogen-bond acceptors (Lipinski definition) is 7. The first-order valence-electron chi connectivity index (χ1n) is 4.80. The van der Waals surface area contributed by atoms with Crippen molar-refractivity contribution in [1.82, 2.24) is 15.2 Å². The van der Waals surface area contributed by atoms with Crippen molar-refractivity contribution in [2.45, 2.75) is 18.6 Å². The maximum Gasteiger partial charge on any atom is 0.326 e. The number of β-amino-alcohol motifs (C(OH)–C–C–N with tert-alkyl or cyclic N) is 1. The minimum absolute atomic E-state index is 0.0216. The van der Waals surface area contributed by atoms with E-state index in [4.69, 9.17) is 10.8 Å². The van der Waals surface area contributed by atoms with Crippen molar-refractivity contribution in [3.63, 3.8) is 0 Å². The standard InChI is InChI=1S/C8H10N4O5/c9-6-5(10-17-11-6)7(14)12-2-3(13)1-4(12)8(15)16/h3-4,13H,1-2H2,(H2,9,11)(H,15,16)/t3-,4-/m0/s1. The quantitative estimate of drug-likeness (QED) is 0.557. The molecule has 0 spiro atoms. The lowest BCUT2D eigenvalue weighted by Gasteiger charge is -2.19. The second-order valence-corrected chi connectivity index (χ2v) is 3.70. The first-order valence-corrected chi connectivity index (χ1v) is 4.80. The molecule has 1 saturated heterocycles. The van der Waals surface area contributed by atoms with Gasteiger partial charge in [0.25, 0.3) is 5.91 Å². The van der Waals surface area contributed by atoms with Crippen LogP contribution in [0.1, 0.15) is 16.9 Å². The Labute approximate surface area is 94.8 Å². The van der Waals surface area contributed by atoms with Gasteiger partial charge >= 0.3 is 5.97 Å². The maximum absolute atomic E-state index is 11.9. The number of aromatic nitrogens is 2. The van der Waals surface area contributed by atoms with E-state index in [2.05, 4.69) is 14.9 Å². The number of nitrogens with two attached hydrogens (primary N) is 1. The average molecular weight is 242 g/mol. The maximum atomic E-state index is 11.9. The highest BCUT2D eigenvalue weighted by Gasteiger charge is 2.40. The third-order valence-electron chi connectivity index (χ3n) is 2.54. The Morgan fingerprint density at radius 2 is 2.18 bits per heavy atom. The molecular formula is C8H10N4O5. The molecule has 4 N–H and O–H groups in total. The van der Waals surface area contributed by atoms with Crippen LogP contribution in [0.25, 0.3) is 0 Å². The Morgan fingerprint density at radius 1 is 1.47 bits per heavy atom. The molecule has 1 amide bonds. The number of carboxylic acids is 1. The van der Waals surface area contributed by atoms with Crippen molar-refractivity contribution >= 4 is 17.7 Å². The zero-order valence-electron chi connectivity index (χ0n) is 8.61. The first kappa shape index (κ1) is 11.3. The van der Waals surface area contributed by atoms with Gasteiger partial charge in [0, 0.05) is 13.0 Å². The number of amides is 1. The number of aliphatic carboxylic acids is 1. The summed E-state index contributed by atoms with van der Waals surface area (Å²) in [4.78, 5) is 23.8. The van der Waals surface area contributed by atoms with Crippen LogP contribution in [0.15, 0.2) is 4.63 Å². The molecule has 0 aromatic carbocycles. The van der Waals surface area contributed by atoms with E-state index in [0.717, 1.165) is 4.90 Å². The van der Waals surface area contributed by atoms with Gasteiger partial charge in [0.15, 0.2) is 0 Å². The summed E-state index contributed by atoms with van der Waals surface area (Å²) in [5.41, 5.74) is 5.10. The zero-order chi connectivity index (χ0) is 12.6. The molecule has 0 unspecified atom stereocenters. The summed E-state index contributed by atoms with van der Waals surface area (Å²) in [5.74, 6) is -2.11. The second-order valence-electron chi connectivity index (χ2n) is 3.70. The SMILES string of the molecule is Nc1nonc1C(=O)N1C[C@@H](O)C[C@H]1C(=O)O. The Bertz CT molecular complexity index is 459. The third kappa shape index (κ3) is 1.91. The van der Waals surface area contributed by atoms with E-state index in [9.17, 15) is 14.7 Å². The van der Waals surface area contributed by atoms with Crippen molar-refractivity contribution in [1.29, 1.82) is 0 Å². The molecule has 9 nitrogen and oxygen atoms in total. The average Bonchev–Trinajstić information content (AvgIpc) is 2.83. The number of aliphatic hydroxyl groups excluding tert-OH is 1. The van der Waals surface area contributed by atoms with Crippen molar-refractivity contribution in [3.8, 4) is 0 Å². The van der Waals surface area contributed by atoms with Gasteiger partial charge in [0.05, 0.1) is 6.10 Å². The van der Waals surface area contributed by atoms with Crippen molar-refractivity contribution < 1.29 is 24.4 Å². The number of carbonyl (C=O) groups is 2. The van der Waals surface area contributed by atoms with Gasteiger partial charge in [-0.15, -0.1) is 0 Å². The second kappa shape index (κ2) is 4.01. The van der Waals surface area contributed by atoms with E-state index in [1.165, 1.54) is 0 Å². The molecule has 2 atom stereocenters. The van der Waals surface area contributed by atoms with Gasteiger partial charge in [-0.2, -0.15) is 0 Å². The van der Waals surface area contributed by atoms with Gasteiger partial charge in [-0.05, 0) is 10.3 Å². The number of carboxylic acid groups (broad SMARTS) is 1. The van der Waals surface area contributed by atoms with Crippen LogP contribution in [-0.2, 0) is 4.79 Å². The summed E-state index contributed by atoms with van der Waals surface area (Å²) in [6.45, 7) is -0.0812. The summed E-state index contributed by atoms with van der Waals surface area (Å²) < 4.78 is 4.27. The zero-order valence-corrected chi connectivity index (χ0v) is 8.61. The van der Waals surface area contributed by atoms with Crippen molar-refractivity contribution in [2.24, 2.45) is 0 Å². The lowest BCUT2D eigenvalue weighted by molar-refractivity contribution is -0.141. The molecule has 1 aromatic heterocycles. The summed E-state index contributed by atoms with van der Waals surface area (Å²) in [7, 11) is 0. The molecule has 0 aliphatic carbocycles. The van der Waals surface area contributed by atoms with Crippen LogP contribution in [0.5, 0.6) is 0 Å². The van der Waals surface area contributed by atoms with E-state index in [1.54, 1.807) is 0 Å². The Kier molecular flexibility index (Phi) is 2.68. The molecule has 2 heterocycles. The van der Waals surface area contributed by atoms with Crippen LogP contribution >= 0.6 is 0 Å². The molecule has 1 aliphatic rings. The first-order chi connectivity index (χ1) is 8.00. The fourth-order valence-electron chi connectivity index (χ4n) is 1.75. The number of hydrogen-bond donors (Lipinski definition) is 3. The van der Waals surface area contributed by atoms with Crippen LogP contribution < -0.4 is 5.73 Å². The smallest absolute Gasteiger partial charge is 0.326 e. The number of nitrogens with zero attached hydrogens (tertiary/aromatic N) is 3. The minimum atomic E-state index is -1.19. The molecule has 1 fully saturated rings. The van der Waals surface area contributed by atoms with Crippen molar-refractivity contribution in [2.75, 3.05) is 12.3 Å². The third-order valence-corrected chi connectivity index (χ3v) is 2.54. The minimum Gasteiger partial charge on any atom is -0.480 e. The lowest BCUT2D eigenvalue weighted by Crippen LogP contribution is -2.41. The number of aliphatic hydroxyl groups is 1. The van der Waals surface area contributed by atoms with E-state index in [-0.39, 0.29) is 24.5 Å². The van der Waals surface area contributed by atoms with E-state index < -0.39 is 24.0 Å². The number of nitrogen functional groups attached to an aromatic ring is 1. The van der Waals surface area contributed by atoms with Crippen molar-refractivity contribution in [3.05, 3.63) is 5.69 Å². The normalized spacial score (nSPS) is 23.9. The lowest BCUT2D eigenvalue weighted by atomic mass is 10.2. The Balaban J connectivity index is 2.25. The largest absolute Gasteiger partial charge is 0.480 e. The topological polar surface area (TPSA) is 143 Å². The van der Waals surface area contributed by atoms with Crippen LogP contribution in [0, 0.1) is 0 Å². The molecule has 1 aliphatic heterocycles. The van der Waals surface area contributed by atoms with Crippen LogP contribution in [-0.4, -0.2) is 56.0 Å². The Morgan fingerprint density at radius 3 is 2.71 bits per heavy atom. The highest BCUT2D eigenvalue weighted by molar-refractivity contribution is 5.98. The number of likely N-dealkylation sites (tertiary alicyclic amines) is 1. The fourth-order valence-corrected chi connectivity index (χ4v) is 1.75. The van der Waals surface area contributed by atoms with Gasteiger partial charge in [-0.1, -0.05) is 0 Å². The molecule has 1 aromatic rings. The molecule has 17 heavy (non-hydrogen) atoms. The van der Waals surface area contributed by atoms with Gasteiger partial charge in [0.2, 0.25) is 11.5 Å². The van der Waals surface area contributed by atoms with Crippen LogP contribution in [0.4, 0.5) is 5.82 Å². The van der Waals surface area contributed by atoms with Crippen LogP contribution in [0.2, 0.25) is 0 Å². The summed E-state index contributed by atoms with van der Waals surface area (Å²) in [6, 6.07) is -1.09. The van der Waals surface area contributed by atoms with Gasteiger partial charge < -0.3 is 20.8 Å². The van der Waals surface area contributed by atoms with Crippen LogP contribution in [0.3, 0.4) is 0 Å². The van der Waals surface area contributed by atoms with Gasteiger partial charge in [-0.25, -0.2) is 9.42 Å². The molecule has 2 rings (SSSR count). The summed E-state index contributed by atoms with van der Waals surface area (Å²) >= 11 is 0. The highest BCUT2D eigenvalue weighted by Crippen LogP contribution is 2.21. The van der Waals surface area contributed by atoms with E-state index >= 15 is 0 Å². The Hall–Kier alpha value is -2.16. The molecular weight excluding hydrogens is 232 g/mol. The monoisotopic (exact) mass is 242 g/mol. The molecule has 0 radical (unpaired) electrons. The number of carbonyl (C=O) groups excluding carboxylic acids is 1. The highest BCUT2D eigenvalue weighted by atomic mass is 16.6. The van der Waals surface area contributed by atoms with E-state index in [1.807, 2.05) is 0 Å². The van der Waals surface area contributed by atoms with Gasteiger partial charge in [-0.3, -0.25) is 4.79 Å². The summed E-state index contributed by atoms with van der Waals surface area (Å²) in [5, 5.41) is 24.8. The fraction of sp³-hybridized carbons (Fsp3) is 0.500. The molecule has 92 valence electrons. The molecule has 0 saturated carbocycles. The van der Waals surface area contributed by atoms with Gasteiger partial charge in [0.1, 0.15) is 6.04 Å². The molecule has 9 heteroatoms. The number of rotatable bonds is 2. The predicted octanol–water partition coefficient (Wildman–Crippen LogP) is -1.69. The predicted molar refractivity (Wildman–Crippen MR) is 51.8 cm³/mol.